The molecule has 48 valence electrons. The normalized spacial score (nSPS) is 32.0. The highest BCUT2D eigenvalue weighted by Gasteiger charge is 2.25. The number of hydrogen-bond acceptors (Lipinski definition) is 0. The Kier molecular flexibility index (Phi) is 1.18. The minimum atomic E-state index is 0.866. The van der Waals surface area contributed by atoms with Crippen molar-refractivity contribution in [3.63, 3.8) is 0 Å². The van der Waals surface area contributed by atoms with Crippen LogP contribution in [0.25, 0.3) is 0 Å². The van der Waals surface area contributed by atoms with Crippen molar-refractivity contribution in [1.82, 2.24) is 0 Å². The maximum Gasteiger partial charge on any atom is 0.00144 e. The summed E-state index contributed by atoms with van der Waals surface area (Å²) < 4.78 is 0. The average Bonchev–Trinajstić information content (AvgIpc) is 2.46. The van der Waals surface area contributed by atoms with Crippen molar-refractivity contribution in [2.75, 3.05) is 0 Å². The quantitative estimate of drug-likeness (QED) is 0.431. The zero-order valence-electron chi connectivity index (χ0n) is 5.64. The topological polar surface area (TPSA) is 0 Å². The molecule has 0 aromatic carbocycles. The van der Waals surface area contributed by atoms with Gasteiger partial charge >= 0.3 is 0 Å². The molecule has 0 spiro atoms. The van der Waals surface area contributed by atoms with Crippen LogP contribution in [0.3, 0.4) is 0 Å². The van der Waals surface area contributed by atoms with Crippen molar-refractivity contribution >= 4 is 0 Å². The predicted molar refractivity (Wildman–Crippen MR) is 39.2 cm³/mol. The van der Waals surface area contributed by atoms with Crippen LogP contribution in [0.15, 0.2) is 23.8 Å². The first-order valence-corrected chi connectivity index (χ1v) is 3.82. The maximum absolute atomic E-state index is 2.42. The van der Waals surface area contributed by atoms with Gasteiger partial charge in [-0.2, -0.15) is 0 Å². The van der Waals surface area contributed by atoms with Crippen LogP contribution in [0, 0.1) is 5.92 Å². The Morgan fingerprint density at radius 3 is 3.33 bits per heavy atom. The van der Waals surface area contributed by atoms with Gasteiger partial charge in [0.2, 0.25) is 0 Å². The average molecular weight is 120 g/mol. The second-order valence-corrected chi connectivity index (χ2v) is 2.95. The zero-order valence-corrected chi connectivity index (χ0v) is 5.64. The van der Waals surface area contributed by atoms with E-state index in [9.17, 15) is 0 Å². The maximum atomic E-state index is 2.42. The first-order chi connectivity index (χ1) is 4.47. The molecule has 0 N–H and O–H groups in total. The molecule has 0 heteroatoms. The molecule has 2 aliphatic rings. The molecular weight excluding hydrogens is 108 g/mol. The predicted octanol–water partition coefficient (Wildman–Crippen LogP) is 2.67. The second kappa shape index (κ2) is 2.02. The number of allylic oxidation sites excluding steroid dienone is 4. The highest BCUT2D eigenvalue weighted by Crippen LogP contribution is 2.40. The summed E-state index contributed by atoms with van der Waals surface area (Å²) in [5, 5.41) is 0. The van der Waals surface area contributed by atoms with Gasteiger partial charge in [0.25, 0.3) is 0 Å². The van der Waals surface area contributed by atoms with E-state index in [1.54, 1.807) is 5.57 Å². The van der Waals surface area contributed by atoms with E-state index in [0.717, 1.165) is 5.92 Å². The van der Waals surface area contributed by atoms with E-state index in [0.29, 0.717) is 0 Å². The summed E-state index contributed by atoms with van der Waals surface area (Å²) in [6.45, 7) is 0. The van der Waals surface area contributed by atoms with Crippen molar-refractivity contribution in [2.45, 2.75) is 25.7 Å². The minimum Gasteiger partial charge on any atom is -0.0879 e. The molecule has 0 bridgehead atoms. The molecule has 0 aliphatic heterocycles. The van der Waals surface area contributed by atoms with Crippen LogP contribution in [0.5, 0.6) is 0 Å². The lowest BCUT2D eigenvalue weighted by Gasteiger charge is -1.92. The highest BCUT2D eigenvalue weighted by atomic mass is 14.3. The Labute approximate surface area is 56.3 Å². The first kappa shape index (κ1) is 5.28. The van der Waals surface area contributed by atoms with Gasteiger partial charge in [-0.15, -0.1) is 0 Å². The minimum absolute atomic E-state index is 0.866. The molecule has 1 fully saturated rings. The smallest absolute Gasteiger partial charge is 0.00144 e. The molecule has 0 heterocycles. The molecule has 0 saturated heterocycles. The fourth-order valence-electron chi connectivity index (χ4n) is 1.41. The number of hydrogen-bond donors (Lipinski definition) is 0. The fraction of sp³-hybridized carbons (Fsp3) is 0.556. The van der Waals surface area contributed by atoms with Gasteiger partial charge in [-0.1, -0.05) is 23.8 Å². The van der Waals surface area contributed by atoms with Gasteiger partial charge in [-0.25, -0.2) is 0 Å². The van der Waals surface area contributed by atoms with E-state index in [-0.39, 0.29) is 0 Å². The van der Waals surface area contributed by atoms with Crippen LogP contribution >= 0.6 is 0 Å². The highest BCUT2D eigenvalue weighted by molar-refractivity contribution is 5.29. The molecule has 0 aromatic rings. The largest absolute Gasteiger partial charge is 0.0879 e. The lowest BCUT2D eigenvalue weighted by Crippen LogP contribution is -1.74. The van der Waals surface area contributed by atoms with Gasteiger partial charge in [0.05, 0.1) is 0 Å². The molecule has 2 rings (SSSR count). The summed E-state index contributed by atoms with van der Waals surface area (Å²) in [6.07, 6.45) is 12.4. The number of fused-ring (bicyclic) bond motifs is 1. The molecule has 9 heavy (non-hydrogen) atoms. The summed E-state index contributed by atoms with van der Waals surface area (Å²) in [4.78, 5) is 0. The number of rotatable bonds is 0. The third-order valence-electron chi connectivity index (χ3n) is 2.12. The van der Waals surface area contributed by atoms with Crippen LogP contribution in [-0.2, 0) is 0 Å². The van der Waals surface area contributed by atoms with Crippen molar-refractivity contribution < 1.29 is 0 Å². The van der Waals surface area contributed by atoms with Gasteiger partial charge in [0, 0.05) is 5.92 Å². The molecule has 1 atom stereocenters. The van der Waals surface area contributed by atoms with Gasteiger partial charge in [-0.05, 0) is 25.7 Å². The van der Waals surface area contributed by atoms with Crippen LogP contribution in [0.1, 0.15) is 25.7 Å². The molecule has 1 saturated carbocycles. The molecule has 0 nitrogen and oxygen atoms in total. The van der Waals surface area contributed by atoms with Gasteiger partial charge < -0.3 is 0 Å². The molecule has 0 aromatic heterocycles. The van der Waals surface area contributed by atoms with Crippen LogP contribution < -0.4 is 0 Å². The fourth-order valence-corrected chi connectivity index (χ4v) is 1.41. The Balaban J connectivity index is 2.09. The van der Waals surface area contributed by atoms with E-state index < -0.39 is 0 Å². The second-order valence-electron chi connectivity index (χ2n) is 2.95. The monoisotopic (exact) mass is 120 g/mol. The summed E-state index contributed by atoms with van der Waals surface area (Å²) in [7, 11) is 0. The third kappa shape index (κ3) is 1.07. The van der Waals surface area contributed by atoms with Gasteiger partial charge in [-0.3, -0.25) is 0 Å². The van der Waals surface area contributed by atoms with Crippen LogP contribution in [0.4, 0.5) is 0 Å². The van der Waals surface area contributed by atoms with E-state index >= 15 is 0 Å². The Bertz CT molecular complexity index is 163. The van der Waals surface area contributed by atoms with Crippen LogP contribution in [0.2, 0.25) is 0 Å². The molecule has 1 unspecified atom stereocenters. The van der Waals surface area contributed by atoms with Crippen molar-refractivity contribution in [2.24, 2.45) is 5.92 Å². The summed E-state index contributed by atoms with van der Waals surface area (Å²) in [5.74, 6) is 0.866. The Morgan fingerprint density at radius 2 is 2.33 bits per heavy atom. The lowest BCUT2D eigenvalue weighted by atomic mass is 10.1. The third-order valence-corrected chi connectivity index (χ3v) is 2.12. The van der Waals surface area contributed by atoms with E-state index in [1.807, 2.05) is 0 Å². The zero-order chi connectivity index (χ0) is 6.10. The molecular formula is C9H12. The van der Waals surface area contributed by atoms with E-state index in [1.165, 1.54) is 25.7 Å². The van der Waals surface area contributed by atoms with Crippen LogP contribution in [-0.4, -0.2) is 0 Å². The molecule has 2 aliphatic carbocycles. The molecule has 0 radical (unpaired) electrons. The summed E-state index contributed by atoms with van der Waals surface area (Å²) in [5.41, 5.74) is 1.69. The van der Waals surface area contributed by atoms with E-state index in [2.05, 4.69) is 18.2 Å². The SMILES string of the molecule is C1=CC2CC2=CCCC1. The van der Waals surface area contributed by atoms with Crippen molar-refractivity contribution in [3.8, 4) is 0 Å². The first-order valence-electron chi connectivity index (χ1n) is 3.82. The van der Waals surface area contributed by atoms with E-state index in [4.69, 9.17) is 0 Å². The van der Waals surface area contributed by atoms with Gasteiger partial charge in [0.1, 0.15) is 0 Å². The molecule has 0 amide bonds. The Hall–Kier alpha value is -0.520. The van der Waals surface area contributed by atoms with Crippen molar-refractivity contribution in [1.29, 1.82) is 0 Å². The van der Waals surface area contributed by atoms with Gasteiger partial charge in [0.15, 0.2) is 0 Å². The summed E-state index contributed by atoms with van der Waals surface area (Å²) >= 11 is 0. The van der Waals surface area contributed by atoms with Crippen molar-refractivity contribution in [3.05, 3.63) is 23.8 Å². The Morgan fingerprint density at radius 1 is 1.33 bits per heavy atom. The standard InChI is InChI=1S/C9H12/c1-2-4-6-9-7-8(9)5-3-1/h3,5-6,8H,1-2,4,7H2. The summed E-state index contributed by atoms with van der Waals surface area (Å²) in [6, 6.07) is 0. The lowest BCUT2D eigenvalue weighted by molar-refractivity contribution is 0.854.